The van der Waals surface area contributed by atoms with E-state index in [9.17, 15) is 0 Å². The SMILES string of the molecule is CCc1nc2ccccc2n1C(CN)c1ccc(C)s1. The molecule has 3 nitrogen and oxygen atoms in total. The number of fused-ring (bicyclic) bond motifs is 1. The largest absolute Gasteiger partial charge is 0.328 e. The van der Waals surface area contributed by atoms with Crippen LogP contribution in [0.15, 0.2) is 36.4 Å². The predicted octanol–water partition coefficient (Wildman–Crippen LogP) is 3.52. The molecule has 3 rings (SSSR count). The van der Waals surface area contributed by atoms with Crippen LogP contribution in [0.5, 0.6) is 0 Å². The highest BCUT2D eigenvalue weighted by Crippen LogP contribution is 2.30. The maximum Gasteiger partial charge on any atom is 0.110 e. The molecule has 0 saturated carbocycles. The third kappa shape index (κ3) is 2.15. The average Bonchev–Trinajstić information content (AvgIpc) is 3.05. The van der Waals surface area contributed by atoms with Crippen molar-refractivity contribution in [2.75, 3.05) is 6.54 Å². The maximum absolute atomic E-state index is 6.08. The van der Waals surface area contributed by atoms with Crippen molar-refractivity contribution in [1.29, 1.82) is 0 Å². The third-order valence-corrected chi connectivity index (χ3v) is 4.71. The Labute approximate surface area is 123 Å². The zero-order valence-corrected chi connectivity index (χ0v) is 12.7. The molecule has 1 atom stereocenters. The summed E-state index contributed by atoms with van der Waals surface area (Å²) in [5.74, 6) is 1.10. The Hall–Kier alpha value is -1.65. The normalized spacial score (nSPS) is 12.9. The van der Waals surface area contributed by atoms with Gasteiger partial charge in [0.2, 0.25) is 0 Å². The molecule has 0 saturated heterocycles. The number of imidazole rings is 1. The number of rotatable bonds is 4. The first kappa shape index (κ1) is 13.3. The molecule has 1 unspecified atom stereocenters. The summed E-state index contributed by atoms with van der Waals surface area (Å²) in [7, 11) is 0. The number of nitrogens with zero attached hydrogens (tertiary/aromatic N) is 2. The van der Waals surface area contributed by atoms with Crippen LogP contribution < -0.4 is 5.73 Å². The van der Waals surface area contributed by atoms with Crippen molar-refractivity contribution in [2.24, 2.45) is 5.73 Å². The first-order valence-corrected chi connectivity index (χ1v) is 7.78. The van der Waals surface area contributed by atoms with Crippen LogP contribution in [0.2, 0.25) is 0 Å². The topological polar surface area (TPSA) is 43.8 Å². The van der Waals surface area contributed by atoms with Crippen LogP contribution in [0.3, 0.4) is 0 Å². The molecule has 2 heterocycles. The van der Waals surface area contributed by atoms with Gasteiger partial charge in [0.25, 0.3) is 0 Å². The van der Waals surface area contributed by atoms with Crippen LogP contribution in [-0.4, -0.2) is 16.1 Å². The molecule has 4 heteroatoms. The standard InChI is InChI=1S/C16H19N3S/c1-3-16-18-12-6-4-5-7-13(12)19(16)14(10-17)15-9-8-11(2)20-15/h4-9,14H,3,10,17H2,1-2H3. The van der Waals surface area contributed by atoms with Crippen LogP contribution in [0.1, 0.15) is 28.5 Å². The Morgan fingerprint density at radius 2 is 2.05 bits per heavy atom. The summed E-state index contributed by atoms with van der Waals surface area (Å²) in [6.45, 7) is 4.87. The molecule has 0 amide bonds. The quantitative estimate of drug-likeness (QED) is 0.797. The molecule has 2 N–H and O–H groups in total. The van der Waals surface area contributed by atoms with Gasteiger partial charge in [0.1, 0.15) is 5.82 Å². The molecular formula is C16H19N3S. The van der Waals surface area contributed by atoms with Crippen LogP contribution in [0.4, 0.5) is 0 Å². The number of aromatic nitrogens is 2. The molecule has 1 aromatic carbocycles. The van der Waals surface area contributed by atoms with Gasteiger partial charge in [-0.3, -0.25) is 0 Å². The fourth-order valence-electron chi connectivity index (χ4n) is 2.67. The van der Waals surface area contributed by atoms with E-state index >= 15 is 0 Å². The average molecular weight is 285 g/mol. The lowest BCUT2D eigenvalue weighted by molar-refractivity contribution is 0.592. The molecule has 0 radical (unpaired) electrons. The van der Waals surface area contributed by atoms with E-state index in [0.29, 0.717) is 6.54 Å². The van der Waals surface area contributed by atoms with Crippen LogP contribution in [-0.2, 0) is 6.42 Å². The van der Waals surface area contributed by atoms with Crippen molar-refractivity contribution >= 4 is 22.4 Å². The minimum atomic E-state index is 0.177. The zero-order valence-electron chi connectivity index (χ0n) is 11.8. The number of nitrogens with two attached hydrogens (primary N) is 1. The second-order valence-corrected chi connectivity index (χ2v) is 6.26. The Balaban J connectivity index is 2.20. The van der Waals surface area contributed by atoms with Gasteiger partial charge in [0.05, 0.1) is 17.1 Å². The van der Waals surface area contributed by atoms with Gasteiger partial charge >= 0.3 is 0 Å². The van der Waals surface area contributed by atoms with E-state index in [0.717, 1.165) is 17.8 Å². The predicted molar refractivity (Wildman–Crippen MR) is 85.4 cm³/mol. The van der Waals surface area contributed by atoms with E-state index in [4.69, 9.17) is 10.7 Å². The lowest BCUT2D eigenvalue weighted by Gasteiger charge is -2.19. The summed E-state index contributed by atoms with van der Waals surface area (Å²) in [6, 6.07) is 12.8. The molecule has 3 aromatic rings. The van der Waals surface area contributed by atoms with Gasteiger partial charge in [0, 0.05) is 22.7 Å². The Bertz CT molecular complexity index is 726. The van der Waals surface area contributed by atoms with Gasteiger partial charge in [-0.15, -0.1) is 11.3 Å². The smallest absolute Gasteiger partial charge is 0.110 e. The summed E-state index contributed by atoms with van der Waals surface area (Å²) in [5, 5.41) is 0. The van der Waals surface area contributed by atoms with Crippen molar-refractivity contribution in [3.05, 3.63) is 52.0 Å². The number of para-hydroxylation sites is 2. The molecular weight excluding hydrogens is 266 g/mol. The molecule has 0 fully saturated rings. The Kier molecular flexibility index (Phi) is 3.59. The van der Waals surface area contributed by atoms with Crippen molar-refractivity contribution in [1.82, 2.24) is 9.55 Å². The van der Waals surface area contributed by atoms with Crippen molar-refractivity contribution < 1.29 is 0 Å². The summed E-state index contributed by atoms with van der Waals surface area (Å²) in [4.78, 5) is 7.37. The van der Waals surface area contributed by atoms with E-state index in [1.165, 1.54) is 15.3 Å². The highest BCUT2D eigenvalue weighted by Gasteiger charge is 2.19. The monoisotopic (exact) mass is 285 g/mol. The summed E-state index contributed by atoms with van der Waals surface area (Å²) in [5.41, 5.74) is 8.30. The summed E-state index contributed by atoms with van der Waals surface area (Å²) < 4.78 is 2.31. The maximum atomic E-state index is 6.08. The van der Waals surface area contributed by atoms with E-state index in [-0.39, 0.29) is 6.04 Å². The fourth-order valence-corrected chi connectivity index (χ4v) is 3.65. The minimum Gasteiger partial charge on any atom is -0.328 e. The van der Waals surface area contributed by atoms with E-state index < -0.39 is 0 Å². The summed E-state index contributed by atoms with van der Waals surface area (Å²) >= 11 is 1.82. The van der Waals surface area contributed by atoms with Crippen molar-refractivity contribution in [3.63, 3.8) is 0 Å². The van der Waals surface area contributed by atoms with Gasteiger partial charge in [-0.05, 0) is 31.2 Å². The van der Waals surface area contributed by atoms with Gasteiger partial charge < -0.3 is 10.3 Å². The van der Waals surface area contributed by atoms with E-state index in [2.05, 4.69) is 48.7 Å². The Morgan fingerprint density at radius 3 is 2.70 bits per heavy atom. The number of aryl methyl sites for hydroxylation is 2. The molecule has 104 valence electrons. The first-order chi connectivity index (χ1) is 9.74. The number of hydrogen-bond donors (Lipinski definition) is 1. The molecule has 2 aromatic heterocycles. The highest BCUT2D eigenvalue weighted by atomic mass is 32.1. The van der Waals surface area contributed by atoms with Crippen molar-refractivity contribution in [2.45, 2.75) is 26.3 Å². The van der Waals surface area contributed by atoms with Gasteiger partial charge in [-0.1, -0.05) is 19.1 Å². The molecule has 0 spiro atoms. The number of benzene rings is 1. The third-order valence-electron chi connectivity index (χ3n) is 3.61. The Morgan fingerprint density at radius 1 is 1.25 bits per heavy atom. The second-order valence-electron chi connectivity index (χ2n) is 4.94. The zero-order chi connectivity index (χ0) is 14.1. The highest BCUT2D eigenvalue weighted by molar-refractivity contribution is 7.12. The van der Waals surface area contributed by atoms with Crippen LogP contribution in [0.25, 0.3) is 11.0 Å². The van der Waals surface area contributed by atoms with Gasteiger partial charge in [0.15, 0.2) is 0 Å². The van der Waals surface area contributed by atoms with Gasteiger partial charge in [-0.2, -0.15) is 0 Å². The molecule has 20 heavy (non-hydrogen) atoms. The minimum absolute atomic E-state index is 0.177. The number of thiophene rings is 1. The van der Waals surface area contributed by atoms with E-state index in [1.54, 1.807) is 0 Å². The lowest BCUT2D eigenvalue weighted by atomic mass is 10.2. The van der Waals surface area contributed by atoms with Crippen molar-refractivity contribution in [3.8, 4) is 0 Å². The number of hydrogen-bond acceptors (Lipinski definition) is 3. The van der Waals surface area contributed by atoms with E-state index in [1.807, 2.05) is 17.4 Å². The van der Waals surface area contributed by atoms with Crippen LogP contribution in [0, 0.1) is 6.92 Å². The van der Waals surface area contributed by atoms with Crippen LogP contribution >= 0.6 is 11.3 Å². The molecule has 0 aliphatic rings. The first-order valence-electron chi connectivity index (χ1n) is 6.96. The second kappa shape index (κ2) is 5.38. The van der Waals surface area contributed by atoms with Gasteiger partial charge in [-0.25, -0.2) is 4.98 Å². The summed E-state index contributed by atoms with van der Waals surface area (Å²) in [6.07, 6.45) is 0.912. The fraction of sp³-hybridized carbons (Fsp3) is 0.312. The molecule has 0 bridgehead atoms. The molecule has 0 aliphatic heterocycles. The molecule has 0 aliphatic carbocycles. The lowest BCUT2D eigenvalue weighted by Crippen LogP contribution is -2.21.